The third-order valence-electron chi connectivity index (χ3n) is 3.88. The number of nitrogens with zero attached hydrogens (tertiary/aromatic N) is 2. The van der Waals surface area contributed by atoms with E-state index in [1.165, 1.54) is 24.1 Å². The van der Waals surface area contributed by atoms with Gasteiger partial charge in [0, 0.05) is 17.3 Å². The fourth-order valence-corrected chi connectivity index (χ4v) is 2.87. The minimum absolute atomic E-state index is 0.275. The number of aromatic nitrogens is 2. The number of halogens is 1. The third-order valence-corrected chi connectivity index (χ3v) is 4.13. The number of benzene rings is 1. The molecule has 1 aliphatic heterocycles. The zero-order chi connectivity index (χ0) is 13.2. The molecule has 1 fully saturated rings. The van der Waals surface area contributed by atoms with Crippen molar-refractivity contribution >= 4 is 11.6 Å². The van der Waals surface area contributed by atoms with Gasteiger partial charge in [-0.15, -0.1) is 0 Å². The predicted molar refractivity (Wildman–Crippen MR) is 77.5 cm³/mol. The van der Waals surface area contributed by atoms with Gasteiger partial charge in [-0.1, -0.05) is 23.7 Å². The molecule has 1 aromatic heterocycles. The second-order valence-corrected chi connectivity index (χ2v) is 5.54. The maximum Gasteiger partial charge on any atom is 0.0954 e. The number of hydrogen-bond donors (Lipinski definition) is 1. The summed E-state index contributed by atoms with van der Waals surface area (Å²) in [5.74, 6) is 0. The van der Waals surface area contributed by atoms with Gasteiger partial charge in [0.15, 0.2) is 0 Å². The summed E-state index contributed by atoms with van der Waals surface area (Å²) in [6.07, 6.45) is 6.34. The van der Waals surface area contributed by atoms with Gasteiger partial charge in [-0.3, -0.25) is 0 Å². The van der Waals surface area contributed by atoms with Crippen molar-refractivity contribution in [3.63, 3.8) is 0 Å². The van der Waals surface area contributed by atoms with Gasteiger partial charge >= 0.3 is 0 Å². The van der Waals surface area contributed by atoms with Crippen LogP contribution in [-0.2, 0) is 0 Å². The Balaban J connectivity index is 1.89. The molecule has 0 saturated carbocycles. The number of rotatable bonds is 3. The number of hydrogen-bond acceptors (Lipinski definition) is 2. The Morgan fingerprint density at radius 2 is 2.16 bits per heavy atom. The van der Waals surface area contributed by atoms with Crippen molar-refractivity contribution in [1.82, 2.24) is 14.9 Å². The first-order valence-corrected chi connectivity index (χ1v) is 7.14. The molecular formula is C15H18ClN3. The zero-order valence-electron chi connectivity index (χ0n) is 11.0. The first kappa shape index (κ1) is 12.7. The average Bonchev–Trinajstić information content (AvgIpc) is 3.09. The van der Waals surface area contributed by atoms with Crippen LogP contribution in [0.4, 0.5) is 0 Å². The Morgan fingerprint density at radius 1 is 1.37 bits per heavy atom. The minimum atomic E-state index is 0.275. The predicted octanol–water partition coefficient (Wildman–Crippen LogP) is 3.57. The van der Waals surface area contributed by atoms with E-state index < -0.39 is 0 Å². The van der Waals surface area contributed by atoms with Crippen molar-refractivity contribution < 1.29 is 0 Å². The third kappa shape index (κ3) is 2.53. The van der Waals surface area contributed by atoms with E-state index in [-0.39, 0.29) is 6.04 Å². The smallest absolute Gasteiger partial charge is 0.0954 e. The average molecular weight is 276 g/mol. The van der Waals surface area contributed by atoms with Crippen molar-refractivity contribution in [2.75, 3.05) is 6.54 Å². The van der Waals surface area contributed by atoms with Crippen LogP contribution in [0.2, 0.25) is 5.02 Å². The Labute approximate surface area is 118 Å². The van der Waals surface area contributed by atoms with Crippen LogP contribution in [-0.4, -0.2) is 16.1 Å². The topological polar surface area (TPSA) is 29.9 Å². The number of nitrogens with one attached hydrogen (secondary N) is 1. The van der Waals surface area contributed by atoms with Crippen LogP contribution in [0.5, 0.6) is 0 Å². The van der Waals surface area contributed by atoms with Gasteiger partial charge in [0.25, 0.3) is 0 Å². The highest BCUT2D eigenvalue weighted by atomic mass is 35.5. The lowest BCUT2D eigenvalue weighted by Gasteiger charge is -2.20. The van der Waals surface area contributed by atoms with Crippen molar-refractivity contribution in [2.45, 2.75) is 31.8 Å². The van der Waals surface area contributed by atoms with Gasteiger partial charge in [-0.2, -0.15) is 0 Å². The molecule has 0 bridgehead atoms. The maximum atomic E-state index is 5.95. The highest BCUT2D eigenvalue weighted by Crippen LogP contribution is 2.28. The Hall–Kier alpha value is -1.32. The summed E-state index contributed by atoms with van der Waals surface area (Å²) in [7, 11) is 0. The Kier molecular flexibility index (Phi) is 3.58. The lowest BCUT2D eigenvalue weighted by Crippen LogP contribution is -2.18. The summed E-state index contributed by atoms with van der Waals surface area (Å²) >= 11 is 5.95. The van der Waals surface area contributed by atoms with Gasteiger partial charge in [0.1, 0.15) is 0 Å². The molecule has 1 aliphatic rings. The van der Waals surface area contributed by atoms with E-state index in [0.29, 0.717) is 6.04 Å². The van der Waals surface area contributed by atoms with E-state index in [0.717, 1.165) is 11.6 Å². The molecule has 1 N–H and O–H groups in total. The zero-order valence-corrected chi connectivity index (χ0v) is 11.8. The van der Waals surface area contributed by atoms with Crippen molar-refractivity contribution in [3.8, 4) is 0 Å². The summed E-state index contributed by atoms with van der Waals surface area (Å²) in [4.78, 5) is 4.33. The monoisotopic (exact) mass is 275 g/mol. The lowest BCUT2D eigenvalue weighted by molar-refractivity contribution is 0.538. The molecule has 2 atom stereocenters. The van der Waals surface area contributed by atoms with E-state index in [1.807, 2.05) is 24.7 Å². The molecule has 2 heterocycles. The molecule has 1 aromatic carbocycles. The lowest BCUT2D eigenvalue weighted by atomic mass is 10.1. The first-order valence-electron chi connectivity index (χ1n) is 6.76. The summed E-state index contributed by atoms with van der Waals surface area (Å²) in [5, 5.41) is 4.31. The van der Waals surface area contributed by atoms with Gasteiger partial charge < -0.3 is 9.88 Å². The maximum absolute atomic E-state index is 5.95. The fraction of sp³-hybridized carbons (Fsp3) is 0.400. The van der Waals surface area contributed by atoms with Crippen molar-refractivity contribution in [3.05, 3.63) is 53.1 Å². The molecule has 19 heavy (non-hydrogen) atoms. The first-order chi connectivity index (χ1) is 9.25. The van der Waals surface area contributed by atoms with Gasteiger partial charge in [-0.05, 0) is 44.0 Å². The summed E-state index contributed by atoms with van der Waals surface area (Å²) in [6.45, 7) is 3.30. The van der Waals surface area contributed by atoms with Crippen molar-refractivity contribution in [1.29, 1.82) is 0 Å². The SMILES string of the molecule is CC(c1ccc(Cl)cc1)n1cncc1C1CCCN1. The highest BCUT2D eigenvalue weighted by Gasteiger charge is 2.22. The Bertz CT molecular complexity index is 541. The van der Waals surface area contributed by atoms with E-state index in [9.17, 15) is 0 Å². The van der Waals surface area contributed by atoms with Gasteiger partial charge in [0.2, 0.25) is 0 Å². The molecule has 100 valence electrons. The molecule has 0 aliphatic carbocycles. The summed E-state index contributed by atoms with van der Waals surface area (Å²) in [6, 6.07) is 8.77. The van der Waals surface area contributed by atoms with E-state index in [4.69, 9.17) is 11.6 Å². The molecule has 3 nitrogen and oxygen atoms in total. The van der Waals surface area contributed by atoms with Gasteiger partial charge in [-0.25, -0.2) is 4.98 Å². The minimum Gasteiger partial charge on any atom is -0.326 e. The molecule has 1 saturated heterocycles. The molecule has 0 radical (unpaired) electrons. The highest BCUT2D eigenvalue weighted by molar-refractivity contribution is 6.30. The van der Waals surface area contributed by atoms with Crippen LogP contribution >= 0.6 is 11.6 Å². The summed E-state index contributed by atoms with van der Waals surface area (Å²) in [5.41, 5.74) is 2.53. The van der Waals surface area contributed by atoms with Gasteiger partial charge in [0.05, 0.1) is 18.1 Å². The quantitative estimate of drug-likeness (QED) is 0.928. The molecule has 4 heteroatoms. The molecule has 2 unspecified atom stereocenters. The second-order valence-electron chi connectivity index (χ2n) is 5.10. The van der Waals surface area contributed by atoms with Crippen LogP contribution in [0.25, 0.3) is 0 Å². The molecule has 2 aromatic rings. The molecule has 0 spiro atoms. The van der Waals surface area contributed by atoms with Crippen LogP contribution in [0.1, 0.15) is 43.1 Å². The second kappa shape index (κ2) is 5.35. The van der Waals surface area contributed by atoms with Crippen LogP contribution in [0.15, 0.2) is 36.8 Å². The Morgan fingerprint density at radius 3 is 2.84 bits per heavy atom. The summed E-state index contributed by atoms with van der Waals surface area (Å²) < 4.78 is 2.26. The van der Waals surface area contributed by atoms with Crippen LogP contribution in [0, 0.1) is 0 Å². The van der Waals surface area contributed by atoms with E-state index >= 15 is 0 Å². The van der Waals surface area contributed by atoms with Crippen molar-refractivity contribution in [2.24, 2.45) is 0 Å². The van der Waals surface area contributed by atoms with E-state index in [1.54, 1.807) is 0 Å². The normalized spacial score (nSPS) is 20.6. The van der Waals surface area contributed by atoms with Crippen LogP contribution < -0.4 is 5.32 Å². The van der Waals surface area contributed by atoms with E-state index in [2.05, 4.69) is 33.9 Å². The standard InChI is InChI=1S/C15H18ClN3/c1-11(12-4-6-13(16)7-5-12)19-10-17-9-15(19)14-3-2-8-18-14/h4-7,9-11,14,18H,2-3,8H2,1H3. The van der Waals surface area contributed by atoms with Crippen LogP contribution in [0.3, 0.4) is 0 Å². The fourth-order valence-electron chi connectivity index (χ4n) is 2.75. The molecule has 3 rings (SSSR count). The molecular weight excluding hydrogens is 258 g/mol. The molecule has 0 amide bonds. The number of imidazole rings is 1. The largest absolute Gasteiger partial charge is 0.326 e.